The van der Waals surface area contributed by atoms with E-state index in [0.717, 1.165) is 6.54 Å². The van der Waals surface area contributed by atoms with Crippen LogP contribution < -0.4 is 0 Å². The number of rotatable bonds is 5. The molecule has 0 aliphatic carbocycles. The Hall–Kier alpha value is -1.12. The zero-order valence-electron chi connectivity index (χ0n) is 15.1. The van der Waals surface area contributed by atoms with Gasteiger partial charge in [-0.25, -0.2) is 0 Å². The Kier molecular flexibility index (Phi) is 5.23. The molecule has 0 bridgehead atoms. The smallest absolute Gasteiger partial charge is 0.0376 e. The van der Waals surface area contributed by atoms with Gasteiger partial charge in [-0.05, 0) is 77.2 Å². The normalized spacial score (nSPS) is 24.5. The molecule has 0 radical (unpaired) electrons. The van der Waals surface area contributed by atoms with Gasteiger partial charge >= 0.3 is 0 Å². The van der Waals surface area contributed by atoms with E-state index in [1.807, 2.05) is 0 Å². The third kappa shape index (κ3) is 3.54. The predicted molar refractivity (Wildman–Crippen MR) is 98.6 cm³/mol. The molecule has 1 atom stereocenters. The highest BCUT2D eigenvalue weighted by Gasteiger charge is 2.35. The van der Waals surface area contributed by atoms with Crippen LogP contribution in [0.1, 0.15) is 58.1 Å². The molecule has 1 aromatic rings. The summed E-state index contributed by atoms with van der Waals surface area (Å²) < 4.78 is 0. The van der Waals surface area contributed by atoms with Crippen molar-refractivity contribution in [3.8, 4) is 0 Å². The lowest BCUT2D eigenvalue weighted by molar-refractivity contribution is 0.170. The molecule has 2 saturated heterocycles. The van der Waals surface area contributed by atoms with E-state index in [0.29, 0.717) is 6.04 Å². The second kappa shape index (κ2) is 7.19. The molecule has 2 aliphatic rings. The largest absolute Gasteiger partial charge is 0.294 e. The van der Waals surface area contributed by atoms with E-state index in [4.69, 9.17) is 0 Å². The predicted octanol–water partition coefficient (Wildman–Crippen LogP) is 4.64. The highest BCUT2D eigenvalue weighted by molar-refractivity contribution is 5.24. The Bertz CT molecular complexity index is 526. The zero-order valence-corrected chi connectivity index (χ0v) is 15.1. The summed E-state index contributed by atoms with van der Waals surface area (Å²) in [7, 11) is 0. The molecule has 126 valence electrons. The second-order valence-electron chi connectivity index (χ2n) is 7.61. The fourth-order valence-electron chi connectivity index (χ4n) is 4.40. The van der Waals surface area contributed by atoms with Crippen LogP contribution in [0, 0.1) is 0 Å². The van der Waals surface area contributed by atoms with Crippen LogP contribution in [-0.2, 0) is 0 Å². The van der Waals surface area contributed by atoms with Gasteiger partial charge in [-0.15, -0.1) is 0 Å². The maximum Gasteiger partial charge on any atom is 0.0376 e. The molecule has 2 fully saturated rings. The van der Waals surface area contributed by atoms with Crippen LogP contribution in [-0.4, -0.2) is 41.5 Å². The van der Waals surface area contributed by atoms with Crippen molar-refractivity contribution in [3.05, 3.63) is 47.5 Å². The number of allylic oxidation sites excluding steroid dienone is 1. The molecule has 2 aliphatic heterocycles. The highest BCUT2D eigenvalue weighted by atomic mass is 15.2. The van der Waals surface area contributed by atoms with E-state index in [2.05, 4.69) is 67.0 Å². The van der Waals surface area contributed by atoms with Crippen LogP contribution in [0.3, 0.4) is 0 Å². The van der Waals surface area contributed by atoms with Crippen molar-refractivity contribution in [3.63, 3.8) is 0 Å². The molecule has 1 unspecified atom stereocenters. The third-order valence-corrected chi connectivity index (χ3v) is 5.95. The first kappa shape index (κ1) is 16.7. The van der Waals surface area contributed by atoms with Gasteiger partial charge in [-0.1, -0.05) is 36.4 Å². The van der Waals surface area contributed by atoms with Gasteiger partial charge in [0, 0.05) is 18.1 Å². The van der Waals surface area contributed by atoms with E-state index < -0.39 is 0 Å². The highest BCUT2D eigenvalue weighted by Crippen LogP contribution is 2.35. The second-order valence-corrected chi connectivity index (χ2v) is 7.61. The molecule has 1 aromatic carbocycles. The van der Waals surface area contributed by atoms with Crippen molar-refractivity contribution in [2.45, 2.75) is 58.0 Å². The first-order chi connectivity index (χ1) is 11.1. The molecule has 0 aromatic heterocycles. The van der Waals surface area contributed by atoms with Crippen molar-refractivity contribution < 1.29 is 0 Å². The monoisotopic (exact) mass is 312 g/mol. The third-order valence-electron chi connectivity index (χ3n) is 5.95. The maximum absolute atomic E-state index is 2.70. The van der Waals surface area contributed by atoms with Crippen molar-refractivity contribution in [1.82, 2.24) is 9.80 Å². The molecular formula is C21H32N2. The quantitative estimate of drug-likeness (QED) is 0.731. The maximum atomic E-state index is 2.70. The molecule has 0 N–H and O–H groups in total. The standard InChI is InChI=1S/C21H32N2/c1-4-19(21(2,3)23-15-8-9-16-23)17-22-14-10-13-20(22)18-11-6-5-7-12-18/h4-7,11-12,20H,8-10,13-17H2,1-3H3. The molecule has 0 spiro atoms. The van der Waals surface area contributed by atoms with Gasteiger partial charge in [0.15, 0.2) is 0 Å². The topological polar surface area (TPSA) is 6.48 Å². The Balaban J connectivity index is 1.73. The van der Waals surface area contributed by atoms with Crippen molar-refractivity contribution >= 4 is 0 Å². The minimum absolute atomic E-state index is 0.190. The van der Waals surface area contributed by atoms with E-state index >= 15 is 0 Å². The molecule has 2 heterocycles. The molecule has 0 amide bonds. The first-order valence-electron chi connectivity index (χ1n) is 9.32. The summed E-state index contributed by atoms with van der Waals surface area (Å²) in [6.07, 6.45) is 7.71. The summed E-state index contributed by atoms with van der Waals surface area (Å²) >= 11 is 0. The summed E-state index contributed by atoms with van der Waals surface area (Å²) in [6, 6.07) is 11.7. The first-order valence-corrected chi connectivity index (χ1v) is 9.32. The van der Waals surface area contributed by atoms with Crippen LogP contribution in [0.5, 0.6) is 0 Å². The SMILES string of the molecule is CC=C(CN1CCCC1c1ccccc1)C(C)(C)N1CCCC1. The summed E-state index contributed by atoms with van der Waals surface area (Å²) in [5.74, 6) is 0. The lowest BCUT2D eigenvalue weighted by atomic mass is 9.90. The Labute approximate surface area is 142 Å². The van der Waals surface area contributed by atoms with Crippen LogP contribution in [0.15, 0.2) is 42.0 Å². The van der Waals surface area contributed by atoms with Crippen LogP contribution >= 0.6 is 0 Å². The number of benzene rings is 1. The molecule has 2 nitrogen and oxygen atoms in total. The average molecular weight is 313 g/mol. The molecule has 3 rings (SSSR count). The van der Waals surface area contributed by atoms with Gasteiger partial charge in [0.1, 0.15) is 0 Å². The van der Waals surface area contributed by atoms with Crippen LogP contribution in [0.2, 0.25) is 0 Å². The average Bonchev–Trinajstić information content (AvgIpc) is 3.25. The van der Waals surface area contributed by atoms with E-state index in [1.54, 1.807) is 5.57 Å². The van der Waals surface area contributed by atoms with Gasteiger partial charge in [-0.2, -0.15) is 0 Å². The van der Waals surface area contributed by atoms with Crippen molar-refractivity contribution in [1.29, 1.82) is 0 Å². The number of hydrogen-bond donors (Lipinski definition) is 0. The summed E-state index contributed by atoms with van der Waals surface area (Å²) in [5.41, 5.74) is 3.26. The minimum Gasteiger partial charge on any atom is -0.294 e. The van der Waals surface area contributed by atoms with Crippen LogP contribution in [0.25, 0.3) is 0 Å². The van der Waals surface area contributed by atoms with Gasteiger partial charge < -0.3 is 0 Å². The van der Waals surface area contributed by atoms with Crippen molar-refractivity contribution in [2.24, 2.45) is 0 Å². The summed E-state index contributed by atoms with van der Waals surface area (Å²) in [6.45, 7) is 11.9. The van der Waals surface area contributed by atoms with Gasteiger partial charge in [0.2, 0.25) is 0 Å². The molecule has 0 saturated carbocycles. The Morgan fingerprint density at radius 2 is 1.78 bits per heavy atom. The Morgan fingerprint density at radius 1 is 1.09 bits per heavy atom. The molecular weight excluding hydrogens is 280 g/mol. The Morgan fingerprint density at radius 3 is 2.43 bits per heavy atom. The molecule has 2 heteroatoms. The van der Waals surface area contributed by atoms with Crippen molar-refractivity contribution in [2.75, 3.05) is 26.2 Å². The van der Waals surface area contributed by atoms with Gasteiger partial charge in [-0.3, -0.25) is 9.80 Å². The summed E-state index contributed by atoms with van der Waals surface area (Å²) in [5, 5.41) is 0. The number of hydrogen-bond acceptors (Lipinski definition) is 2. The fraction of sp³-hybridized carbons (Fsp3) is 0.619. The van der Waals surface area contributed by atoms with Crippen LogP contribution in [0.4, 0.5) is 0 Å². The minimum atomic E-state index is 0.190. The summed E-state index contributed by atoms with van der Waals surface area (Å²) in [4.78, 5) is 5.37. The van der Waals surface area contributed by atoms with Gasteiger partial charge in [0.25, 0.3) is 0 Å². The zero-order chi connectivity index (χ0) is 16.3. The fourth-order valence-corrected chi connectivity index (χ4v) is 4.40. The van der Waals surface area contributed by atoms with E-state index in [9.17, 15) is 0 Å². The number of nitrogens with zero attached hydrogens (tertiary/aromatic N) is 2. The van der Waals surface area contributed by atoms with E-state index in [1.165, 1.54) is 50.9 Å². The lowest BCUT2D eigenvalue weighted by Gasteiger charge is -2.40. The van der Waals surface area contributed by atoms with E-state index in [-0.39, 0.29) is 5.54 Å². The van der Waals surface area contributed by atoms with Gasteiger partial charge in [0.05, 0.1) is 0 Å². The molecule has 23 heavy (non-hydrogen) atoms. The number of likely N-dealkylation sites (tertiary alicyclic amines) is 2. The lowest BCUT2D eigenvalue weighted by Crippen LogP contribution is -2.46.